The van der Waals surface area contributed by atoms with Crippen molar-refractivity contribution in [3.63, 3.8) is 0 Å². The van der Waals surface area contributed by atoms with Gasteiger partial charge in [-0.1, -0.05) is 6.08 Å². The van der Waals surface area contributed by atoms with Gasteiger partial charge in [0.25, 0.3) is 0 Å². The van der Waals surface area contributed by atoms with Crippen molar-refractivity contribution < 1.29 is 9.90 Å². The smallest absolute Gasteiger partial charge is 0.155 e. The molecule has 52 valence electrons. The number of hydrogen-bond acceptors (Lipinski definition) is 2. The second-order valence-electron chi connectivity index (χ2n) is 1.76. The Morgan fingerprint density at radius 3 is 2.44 bits per heavy atom. The Bertz CT molecular complexity index is 105. The molecule has 0 aromatic rings. The number of ketones is 1. The van der Waals surface area contributed by atoms with Crippen LogP contribution in [0, 0.1) is 0 Å². The number of allylic oxidation sites excluding steroid dienone is 2. The highest BCUT2D eigenvalue weighted by atomic mass is 16.2. The van der Waals surface area contributed by atoms with Crippen molar-refractivity contribution in [1.29, 1.82) is 0 Å². The van der Waals surface area contributed by atoms with Gasteiger partial charge in [-0.3, -0.25) is 4.79 Å². The molecule has 0 bridgehead atoms. The molecule has 0 aromatic carbocycles. The number of carbonyl (C=O) groups excluding carboxylic acids is 1. The van der Waals surface area contributed by atoms with Crippen molar-refractivity contribution in [2.75, 3.05) is 7.11 Å². The van der Waals surface area contributed by atoms with Crippen LogP contribution >= 0.6 is 0 Å². The molecule has 9 heavy (non-hydrogen) atoms. The van der Waals surface area contributed by atoms with Gasteiger partial charge in [-0.2, -0.15) is 0 Å². The van der Waals surface area contributed by atoms with E-state index < -0.39 is 0 Å². The van der Waals surface area contributed by atoms with E-state index in [9.17, 15) is 4.79 Å². The highest BCUT2D eigenvalue weighted by molar-refractivity contribution is 5.90. The summed E-state index contributed by atoms with van der Waals surface area (Å²) in [6.45, 7) is 0. The van der Waals surface area contributed by atoms with E-state index in [1.54, 1.807) is 6.08 Å². The summed E-state index contributed by atoms with van der Waals surface area (Å²) in [5.74, 6) is 0.284. The lowest BCUT2D eigenvalue weighted by atomic mass is 10.1. The van der Waals surface area contributed by atoms with E-state index in [1.165, 1.54) is 0 Å². The van der Waals surface area contributed by atoms with Crippen LogP contribution < -0.4 is 0 Å². The zero-order chi connectivity index (χ0) is 7.11. The predicted molar refractivity (Wildman–Crippen MR) is 36.1 cm³/mol. The minimum Gasteiger partial charge on any atom is -0.400 e. The topological polar surface area (TPSA) is 37.3 Å². The minimum atomic E-state index is 0.284. The van der Waals surface area contributed by atoms with Crippen molar-refractivity contribution in [2.24, 2.45) is 0 Å². The van der Waals surface area contributed by atoms with Crippen LogP contribution in [0.15, 0.2) is 12.2 Å². The van der Waals surface area contributed by atoms with E-state index in [4.69, 9.17) is 5.11 Å². The van der Waals surface area contributed by atoms with Gasteiger partial charge in [0.15, 0.2) is 5.78 Å². The van der Waals surface area contributed by atoms with E-state index in [-0.39, 0.29) is 5.78 Å². The third-order valence-electron chi connectivity index (χ3n) is 1.10. The standard InChI is InChI=1S/C6H8O.CH4O/c7-6-4-2-1-3-5-6;1-2/h2,4H,1,3,5H2;2H,1H3. The Morgan fingerprint density at radius 1 is 1.56 bits per heavy atom. The average Bonchev–Trinajstić information content (AvgIpc) is 1.94. The summed E-state index contributed by atoms with van der Waals surface area (Å²) in [4.78, 5) is 10.4. The molecular weight excluding hydrogens is 116 g/mol. The van der Waals surface area contributed by atoms with Gasteiger partial charge in [-0.15, -0.1) is 0 Å². The lowest BCUT2D eigenvalue weighted by Crippen LogP contribution is -1.95. The van der Waals surface area contributed by atoms with Gasteiger partial charge < -0.3 is 5.11 Å². The molecule has 0 amide bonds. The second kappa shape index (κ2) is 5.51. The third kappa shape index (κ3) is 3.91. The summed E-state index contributed by atoms with van der Waals surface area (Å²) >= 11 is 0. The van der Waals surface area contributed by atoms with Crippen LogP contribution in [0.5, 0.6) is 0 Å². The molecule has 1 aliphatic rings. The zero-order valence-corrected chi connectivity index (χ0v) is 5.63. The summed E-state index contributed by atoms with van der Waals surface area (Å²) in [7, 11) is 1.00. The molecule has 0 atom stereocenters. The van der Waals surface area contributed by atoms with E-state index in [0.717, 1.165) is 26.4 Å². The van der Waals surface area contributed by atoms with Crippen LogP contribution in [-0.2, 0) is 4.79 Å². The molecule has 0 unspecified atom stereocenters. The van der Waals surface area contributed by atoms with Gasteiger partial charge in [-0.25, -0.2) is 0 Å². The van der Waals surface area contributed by atoms with Gasteiger partial charge in [-0.05, 0) is 18.9 Å². The van der Waals surface area contributed by atoms with Gasteiger partial charge >= 0.3 is 0 Å². The van der Waals surface area contributed by atoms with Crippen LogP contribution in [-0.4, -0.2) is 18.0 Å². The normalized spacial score (nSPS) is 16.4. The van der Waals surface area contributed by atoms with Crippen molar-refractivity contribution in [3.05, 3.63) is 12.2 Å². The molecule has 0 saturated heterocycles. The monoisotopic (exact) mass is 128 g/mol. The number of carbonyl (C=O) groups is 1. The molecule has 0 heterocycles. The molecule has 1 N–H and O–H groups in total. The van der Waals surface area contributed by atoms with Gasteiger partial charge in [0.05, 0.1) is 0 Å². The summed E-state index contributed by atoms with van der Waals surface area (Å²) in [5.41, 5.74) is 0. The van der Waals surface area contributed by atoms with E-state index >= 15 is 0 Å². The molecule has 2 nitrogen and oxygen atoms in total. The molecule has 0 fully saturated rings. The first kappa shape index (κ1) is 8.37. The first-order valence-corrected chi connectivity index (χ1v) is 3.04. The number of rotatable bonds is 0. The Kier molecular flexibility index (Phi) is 5.12. The predicted octanol–water partition coefficient (Wildman–Crippen LogP) is 0.904. The van der Waals surface area contributed by atoms with Crippen molar-refractivity contribution >= 4 is 5.78 Å². The van der Waals surface area contributed by atoms with Crippen molar-refractivity contribution in [2.45, 2.75) is 19.3 Å². The SMILES string of the molecule is CO.O=C1C=CCCC1. The molecule has 0 aromatic heterocycles. The van der Waals surface area contributed by atoms with Crippen LogP contribution in [0.3, 0.4) is 0 Å². The van der Waals surface area contributed by atoms with Crippen molar-refractivity contribution in [1.82, 2.24) is 0 Å². The molecule has 1 aliphatic carbocycles. The lowest BCUT2D eigenvalue weighted by molar-refractivity contribution is -0.114. The summed E-state index contributed by atoms with van der Waals surface area (Å²) < 4.78 is 0. The van der Waals surface area contributed by atoms with Crippen LogP contribution in [0.2, 0.25) is 0 Å². The summed E-state index contributed by atoms with van der Waals surface area (Å²) in [6, 6.07) is 0. The molecule has 0 saturated carbocycles. The van der Waals surface area contributed by atoms with Gasteiger partial charge in [0.1, 0.15) is 0 Å². The van der Waals surface area contributed by atoms with E-state index in [1.807, 2.05) is 6.08 Å². The lowest BCUT2D eigenvalue weighted by Gasteiger charge is -1.97. The quantitative estimate of drug-likeness (QED) is 0.526. The highest BCUT2D eigenvalue weighted by Gasteiger charge is 1.98. The van der Waals surface area contributed by atoms with Gasteiger partial charge in [0, 0.05) is 13.5 Å². The average molecular weight is 128 g/mol. The molecule has 0 spiro atoms. The molecule has 0 aliphatic heterocycles. The Balaban J connectivity index is 0.000000291. The Hall–Kier alpha value is -0.630. The first-order valence-electron chi connectivity index (χ1n) is 3.04. The molecular formula is C7H12O2. The fourth-order valence-corrected chi connectivity index (χ4v) is 0.692. The molecule has 2 heteroatoms. The second-order valence-corrected chi connectivity index (χ2v) is 1.76. The Labute approximate surface area is 55.2 Å². The fraction of sp³-hybridized carbons (Fsp3) is 0.571. The Morgan fingerprint density at radius 2 is 2.22 bits per heavy atom. The summed E-state index contributed by atoms with van der Waals surface area (Å²) in [6.07, 6.45) is 6.51. The first-order chi connectivity index (χ1) is 4.39. The molecule has 1 rings (SSSR count). The van der Waals surface area contributed by atoms with Crippen LogP contribution in [0.25, 0.3) is 0 Å². The third-order valence-corrected chi connectivity index (χ3v) is 1.10. The van der Waals surface area contributed by atoms with E-state index in [2.05, 4.69) is 0 Å². The zero-order valence-electron chi connectivity index (χ0n) is 5.63. The highest BCUT2D eigenvalue weighted by Crippen LogP contribution is 2.04. The number of hydrogen-bond donors (Lipinski definition) is 1. The fourth-order valence-electron chi connectivity index (χ4n) is 0.692. The summed E-state index contributed by atoms with van der Waals surface area (Å²) in [5, 5.41) is 7.00. The van der Waals surface area contributed by atoms with E-state index in [0.29, 0.717) is 0 Å². The minimum absolute atomic E-state index is 0.284. The maximum absolute atomic E-state index is 10.4. The molecule has 0 radical (unpaired) electrons. The number of aliphatic hydroxyl groups excluding tert-OH is 1. The van der Waals surface area contributed by atoms with Crippen molar-refractivity contribution in [3.8, 4) is 0 Å². The van der Waals surface area contributed by atoms with Crippen LogP contribution in [0.4, 0.5) is 0 Å². The maximum Gasteiger partial charge on any atom is 0.155 e. The largest absolute Gasteiger partial charge is 0.400 e. The maximum atomic E-state index is 10.4. The van der Waals surface area contributed by atoms with Gasteiger partial charge in [0.2, 0.25) is 0 Å². The number of aliphatic hydroxyl groups is 1. The van der Waals surface area contributed by atoms with Crippen LogP contribution in [0.1, 0.15) is 19.3 Å².